The van der Waals surface area contributed by atoms with Gasteiger partial charge in [-0.15, -0.1) is 0 Å². The molecule has 0 unspecified atom stereocenters. The molecule has 0 atom stereocenters. The predicted octanol–water partition coefficient (Wildman–Crippen LogP) is 2.53. The third kappa shape index (κ3) is 2.50. The van der Waals surface area contributed by atoms with Crippen LogP contribution in [0.25, 0.3) is 0 Å². The van der Waals surface area contributed by atoms with Crippen LogP contribution in [0.2, 0.25) is 0 Å². The minimum absolute atomic E-state index is 0.0400. The molecule has 0 aliphatic heterocycles. The summed E-state index contributed by atoms with van der Waals surface area (Å²) in [7, 11) is 0. The summed E-state index contributed by atoms with van der Waals surface area (Å²) in [6, 6.07) is 6.65. The van der Waals surface area contributed by atoms with Crippen molar-refractivity contribution in [1.82, 2.24) is 0 Å². The first-order valence-corrected chi connectivity index (χ1v) is 4.41. The topological polar surface area (TPSA) is 52.3 Å². The zero-order chi connectivity index (χ0) is 10.6. The van der Waals surface area contributed by atoms with Gasteiger partial charge in [-0.1, -0.05) is 12.1 Å². The number of nitrogen functional groups attached to an aromatic ring is 1. The lowest BCUT2D eigenvalue weighted by Gasteiger charge is -2.04. The second-order valence-corrected chi connectivity index (χ2v) is 2.94. The molecule has 0 saturated carbocycles. The van der Waals surface area contributed by atoms with Crippen LogP contribution in [0.3, 0.4) is 0 Å². The minimum atomic E-state index is -0.550. The van der Waals surface area contributed by atoms with Gasteiger partial charge in [-0.05, 0) is 36.7 Å². The van der Waals surface area contributed by atoms with Gasteiger partial charge in [-0.25, -0.2) is 4.79 Å². The van der Waals surface area contributed by atoms with Gasteiger partial charge in [-0.3, -0.25) is 0 Å². The normalized spacial score (nSPS) is 11.1. The number of benzene rings is 1. The molecule has 4 heteroatoms. The summed E-state index contributed by atoms with van der Waals surface area (Å²) in [5.41, 5.74) is 6.26. The van der Waals surface area contributed by atoms with Crippen LogP contribution >= 0.6 is 11.6 Å². The molecule has 0 aromatic heterocycles. The highest BCUT2D eigenvalue weighted by atomic mass is 35.5. The first kappa shape index (κ1) is 10.6. The molecule has 0 fully saturated rings. The lowest BCUT2D eigenvalue weighted by molar-refractivity contribution is 0.0650. The number of anilines is 1. The van der Waals surface area contributed by atoms with Crippen molar-refractivity contribution in [2.24, 2.45) is 0 Å². The Labute approximate surface area is 87.1 Å². The molecule has 0 bridgehead atoms. The molecule has 14 heavy (non-hydrogen) atoms. The van der Waals surface area contributed by atoms with E-state index in [1.54, 1.807) is 31.2 Å². The van der Waals surface area contributed by atoms with Crippen molar-refractivity contribution in [3.63, 3.8) is 0 Å². The van der Waals surface area contributed by atoms with Gasteiger partial charge in [0.25, 0.3) is 0 Å². The fraction of sp³-hybridized carbons (Fsp3) is 0.100. The second-order valence-electron chi connectivity index (χ2n) is 2.57. The maximum Gasteiger partial charge on any atom is 0.346 e. The van der Waals surface area contributed by atoms with Crippen LogP contribution in [-0.2, 0) is 4.74 Å². The van der Waals surface area contributed by atoms with Gasteiger partial charge in [0.05, 0.1) is 5.56 Å². The zero-order valence-electron chi connectivity index (χ0n) is 7.66. The monoisotopic (exact) mass is 211 g/mol. The first-order valence-electron chi connectivity index (χ1n) is 4.03. The highest BCUT2D eigenvalue weighted by Gasteiger charge is 2.11. The molecule has 74 valence electrons. The number of halogens is 1. The number of rotatable bonds is 2. The van der Waals surface area contributed by atoms with Gasteiger partial charge in [0.1, 0.15) is 0 Å². The molecule has 0 amide bonds. The Morgan fingerprint density at radius 2 is 2.14 bits per heavy atom. The molecule has 0 radical (unpaired) electrons. The third-order valence-corrected chi connectivity index (χ3v) is 1.89. The van der Waals surface area contributed by atoms with Crippen LogP contribution in [0.15, 0.2) is 35.6 Å². The molecule has 0 aliphatic rings. The molecule has 0 aliphatic carbocycles. The standard InChI is InChI=1S/C10H10ClNO2/c1-2-9(11)14-10(13)7-5-3-4-6-8(7)12/h2-6H,12H2,1H3/b9-2-. The number of ether oxygens (including phenoxy) is 1. The van der Waals surface area contributed by atoms with Crippen LogP contribution < -0.4 is 5.73 Å². The Hall–Kier alpha value is -1.48. The van der Waals surface area contributed by atoms with Crippen molar-refractivity contribution in [1.29, 1.82) is 0 Å². The third-order valence-electron chi connectivity index (χ3n) is 1.60. The Morgan fingerprint density at radius 1 is 1.50 bits per heavy atom. The van der Waals surface area contributed by atoms with Gasteiger partial charge < -0.3 is 10.5 Å². The minimum Gasteiger partial charge on any atom is -0.411 e. The summed E-state index contributed by atoms with van der Waals surface area (Å²) < 4.78 is 4.77. The highest BCUT2D eigenvalue weighted by molar-refractivity contribution is 6.29. The average Bonchev–Trinajstić information content (AvgIpc) is 2.18. The molecule has 1 rings (SSSR count). The molecule has 0 spiro atoms. The number of carbonyl (C=O) groups is 1. The van der Waals surface area contributed by atoms with E-state index in [0.717, 1.165) is 0 Å². The Balaban J connectivity index is 2.85. The van der Waals surface area contributed by atoms with E-state index in [0.29, 0.717) is 11.3 Å². The van der Waals surface area contributed by atoms with E-state index in [9.17, 15) is 4.79 Å². The Bertz CT molecular complexity index is 374. The van der Waals surface area contributed by atoms with Crippen LogP contribution in [0, 0.1) is 0 Å². The summed E-state index contributed by atoms with van der Waals surface area (Å²) in [6.45, 7) is 1.67. The Morgan fingerprint density at radius 3 is 2.71 bits per heavy atom. The largest absolute Gasteiger partial charge is 0.411 e. The molecule has 0 saturated heterocycles. The van der Waals surface area contributed by atoms with E-state index in [1.807, 2.05) is 0 Å². The van der Waals surface area contributed by atoms with Crippen LogP contribution in [0.1, 0.15) is 17.3 Å². The fourth-order valence-corrected chi connectivity index (χ4v) is 0.955. The van der Waals surface area contributed by atoms with E-state index in [1.165, 1.54) is 6.08 Å². The van der Waals surface area contributed by atoms with E-state index in [-0.39, 0.29) is 5.22 Å². The molecule has 1 aromatic carbocycles. The van der Waals surface area contributed by atoms with Crippen molar-refractivity contribution in [2.75, 3.05) is 5.73 Å². The molecule has 0 heterocycles. The van der Waals surface area contributed by atoms with Gasteiger partial charge >= 0.3 is 5.97 Å². The van der Waals surface area contributed by atoms with E-state index in [4.69, 9.17) is 22.1 Å². The summed E-state index contributed by atoms with van der Waals surface area (Å²) in [5, 5.41) is 0.0400. The van der Waals surface area contributed by atoms with Gasteiger partial charge in [0.15, 0.2) is 5.22 Å². The SMILES string of the molecule is C/C=C(/Cl)OC(=O)c1ccccc1N. The molecule has 1 aromatic rings. The number of hydrogen-bond acceptors (Lipinski definition) is 3. The molecule has 3 nitrogen and oxygen atoms in total. The van der Waals surface area contributed by atoms with Crippen LogP contribution in [0.5, 0.6) is 0 Å². The van der Waals surface area contributed by atoms with Crippen LogP contribution in [0.4, 0.5) is 5.69 Å². The van der Waals surface area contributed by atoms with Crippen LogP contribution in [-0.4, -0.2) is 5.97 Å². The van der Waals surface area contributed by atoms with Crippen molar-refractivity contribution in [3.8, 4) is 0 Å². The second kappa shape index (κ2) is 4.67. The fourth-order valence-electron chi connectivity index (χ4n) is 0.885. The van der Waals surface area contributed by atoms with Crippen molar-refractivity contribution >= 4 is 23.3 Å². The maximum atomic E-state index is 11.4. The summed E-state index contributed by atoms with van der Waals surface area (Å²) in [5.74, 6) is -0.550. The smallest absolute Gasteiger partial charge is 0.346 e. The number of para-hydroxylation sites is 1. The quantitative estimate of drug-likeness (QED) is 0.465. The lowest BCUT2D eigenvalue weighted by atomic mass is 10.2. The molecular formula is C10H10ClNO2. The number of allylic oxidation sites excluding steroid dienone is 1. The summed E-state index contributed by atoms with van der Waals surface area (Å²) in [4.78, 5) is 11.4. The summed E-state index contributed by atoms with van der Waals surface area (Å²) in [6.07, 6.45) is 1.48. The van der Waals surface area contributed by atoms with Gasteiger partial charge in [0, 0.05) is 5.69 Å². The Kier molecular flexibility index (Phi) is 3.54. The van der Waals surface area contributed by atoms with E-state index >= 15 is 0 Å². The molecule has 2 N–H and O–H groups in total. The number of nitrogens with two attached hydrogens (primary N) is 1. The number of esters is 1. The van der Waals surface area contributed by atoms with Crippen molar-refractivity contribution in [2.45, 2.75) is 6.92 Å². The van der Waals surface area contributed by atoms with Crippen molar-refractivity contribution < 1.29 is 9.53 Å². The average molecular weight is 212 g/mol. The lowest BCUT2D eigenvalue weighted by Crippen LogP contribution is -2.06. The zero-order valence-corrected chi connectivity index (χ0v) is 8.41. The van der Waals surface area contributed by atoms with Crippen molar-refractivity contribution in [3.05, 3.63) is 41.1 Å². The predicted molar refractivity (Wildman–Crippen MR) is 55.9 cm³/mol. The maximum absolute atomic E-state index is 11.4. The van der Waals surface area contributed by atoms with Gasteiger partial charge in [0.2, 0.25) is 0 Å². The number of hydrogen-bond donors (Lipinski definition) is 1. The first-order chi connectivity index (χ1) is 6.65. The van der Waals surface area contributed by atoms with E-state index in [2.05, 4.69) is 0 Å². The molecular weight excluding hydrogens is 202 g/mol. The summed E-state index contributed by atoms with van der Waals surface area (Å²) >= 11 is 5.54. The highest BCUT2D eigenvalue weighted by Crippen LogP contribution is 2.14. The van der Waals surface area contributed by atoms with E-state index < -0.39 is 5.97 Å². The van der Waals surface area contributed by atoms with Gasteiger partial charge in [-0.2, -0.15) is 0 Å². The number of carbonyl (C=O) groups excluding carboxylic acids is 1.